The molecule has 0 saturated carbocycles. The summed E-state index contributed by atoms with van der Waals surface area (Å²) in [6, 6.07) is 14.8. The maximum atomic E-state index is 11.2. The van der Waals surface area contributed by atoms with Crippen LogP contribution in [0.3, 0.4) is 0 Å². The van der Waals surface area contributed by atoms with Crippen molar-refractivity contribution < 1.29 is 19.0 Å². The highest BCUT2D eigenvalue weighted by Crippen LogP contribution is 2.23. The van der Waals surface area contributed by atoms with Crippen LogP contribution in [0.5, 0.6) is 11.5 Å². The summed E-state index contributed by atoms with van der Waals surface area (Å²) in [6.45, 7) is 4.72. The zero-order valence-electron chi connectivity index (χ0n) is 17.0. The molecule has 0 aliphatic carbocycles. The SMILES string of the molecule is NC(=O)N(S)c1cccc(OCCCCCOc2ccc(N3CCOCC3)cc2)c1. The van der Waals surface area contributed by atoms with Crippen molar-refractivity contribution in [3.63, 3.8) is 0 Å². The molecule has 0 aromatic heterocycles. The monoisotopic (exact) mass is 431 g/mol. The number of nitrogens with zero attached hydrogens (tertiary/aromatic N) is 2. The molecular formula is C22H29N3O4S. The third-order valence-electron chi connectivity index (χ3n) is 4.81. The second-order valence-corrected chi connectivity index (χ2v) is 7.40. The molecule has 1 aliphatic heterocycles. The van der Waals surface area contributed by atoms with Crippen molar-refractivity contribution in [1.29, 1.82) is 0 Å². The Morgan fingerprint density at radius 1 is 1.00 bits per heavy atom. The van der Waals surface area contributed by atoms with Gasteiger partial charge in [-0.05, 0) is 55.7 Å². The lowest BCUT2D eigenvalue weighted by Gasteiger charge is -2.28. The molecule has 2 N–H and O–H groups in total. The first-order valence-electron chi connectivity index (χ1n) is 10.2. The van der Waals surface area contributed by atoms with Crippen LogP contribution < -0.4 is 24.4 Å². The number of ether oxygens (including phenoxy) is 3. The molecule has 2 amide bonds. The minimum absolute atomic E-state index is 0.580. The normalized spacial score (nSPS) is 13.7. The minimum atomic E-state index is -0.633. The average molecular weight is 432 g/mol. The number of primary amides is 1. The number of hydrogen-bond acceptors (Lipinski definition) is 6. The standard InChI is InChI=1S/C22H29N3O4S/c23-22(26)25(30)19-5-4-6-21(17-19)29-14-3-1-2-13-28-20-9-7-18(8-10-20)24-11-15-27-16-12-24/h4-10,17,30H,1-3,11-16H2,(H2,23,26). The topological polar surface area (TPSA) is 77.3 Å². The van der Waals surface area contributed by atoms with Gasteiger partial charge in [-0.1, -0.05) is 18.9 Å². The van der Waals surface area contributed by atoms with Crippen LogP contribution in [0.2, 0.25) is 0 Å². The average Bonchev–Trinajstić information content (AvgIpc) is 2.79. The van der Waals surface area contributed by atoms with E-state index in [0.717, 1.165) is 55.6 Å². The number of unbranched alkanes of at least 4 members (excludes halogenated alkanes) is 2. The fourth-order valence-corrected chi connectivity index (χ4v) is 3.29. The zero-order chi connectivity index (χ0) is 21.2. The quantitative estimate of drug-likeness (QED) is 0.441. The van der Waals surface area contributed by atoms with Crippen molar-refractivity contribution in [3.05, 3.63) is 48.5 Å². The van der Waals surface area contributed by atoms with Crippen LogP contribution in [0, 0.1) is 0 Å². The highest BCUT2D eigenvalue weighted by molar-refractivity contribution is 7.82. The van der Waals surface area contributed by atoms with E-state index in [2.05, 4.69) is 29.8 Å². The molecule has 1 heterocycles. The predicted octanol–water partition coefficient (Wildman–Crippen LogP) is 3.88. The van der Waals surface area contributed by atoms with Gasteiger partial charge >= 0.3 is 6.03 Å². The smallest absolute Gasteiger partial charge is 0.329 e. The van der Waals surface area contributed by atoms with Gasteiger partial charge in [-0.15, -0.1) is 0 Å². The van der Waals surface area contributed by atoms with Crippen molar-refractivity contribution in [2.24, 2.45) is 5.73 Å². The van der Waals surface area contributed by atoms with E-state index in [1.165, 1.54) is 5.69 Å². The molecule has 3 rings (SSSR count). The van der Waals surface area contributed by atoms with Crippen LogP contribution >= 0.6 is 12.8 Å². The molecule has 1 fully saturated rings. The molecule has 2 aromatic rings. The van der Waals surface area contributed by atoms with Crippen molar-refractivity contribution in [2.75, 3.05) is 48.7 Å². The highest BCUT2D eigenvalue weighted by Gasteiger charge is 2.11. The maximum absolute atomic E-state index is 11.2. The molecule has 0 unspecified atom stereocenters. The Morgan fingerprint density at radius 3 is 2.33 bits per heavy atom. The Balaban J connectivity index is 1.29. The van der Waals surface area contributed by atoms with Gasteiger partial charge in [-0.2, -0.15) is 0 Å². The van der Waals surface area contributed by atoms with Crippen molar-refractivity contribution >= 4 is 30.2 Å². The lowest BCUT2D eigenvalue weighted by Crippen LogP contribution is -2.36. The first-order valence-corrected chi connectivity index (χ1v) is 10.6. The third kappa shape index (κ3) is 6.74. The molecule has 1 aliphatic rings. The lowest BCUT2D eigenvalue weighted by molar-refractivity contribution is 0.122. The number of morpholine rings is 1. The van der Waals surface area contributed by atoms with E-state index in [-0.39, 0.29) is 0 Å². The van der Waals surface area contributed by atoms with E-state index < -0.39 is 6.03 Å². The maximum Gasteiger partial charge on any atom is 0.329 e. The van der Waals surface area contributed by atoms with E-state index in [4.69, 9.17) is 19.9 Å². The molecule has 0 atom stereocenters. The Kier molecular flexibility index (Phi) is 8.53. The second kappa shape index (κ2) is 11.6. The molecule has 2 aromatic carbocycles. The molecule has 7 nitrogen and oxygen atoms in total. The van der Waals surface area contributed by atoms with Gasteiger partial charge in [0.2, 0.25) is 0 Å². The molecule has 30 heavy (non-hydrogen) atoms. The fourth-order valence-electron chi connectivity index (χ4n) is 3.17. The first kappa shape index (κ1) is 22.1. The van der Waals surface area contributed by atoms with Crippen LogP contribution in [-0.4, -0.2) is 45.5 Å². The van der Waals surface area contributed by atoms with Gasteiger partial charge in [0.15, 0.2) is 0 Å². The van der Waals surface area contributed by atoms with Crippen molar-refractivity contribution in [2.45, 2.75) is 19.3 Å². The third-order valence-corrected chi connectivity index (χ3v) is 5.24. The van der Waals surface area contributed by atoms with Crippen LogP contribution in [-0.2, 0) is 4.74 Å². The van der Waals surface area contributed by atoms with Crippen molar-refractivity contribution in [3.8, 4) is 11.5 Å². The fraction of sp³-hybridized carbons (Fsp3) is 0.409. The van der Waals surface area contributed by atoms with E-state index >= 15 is 0 Å². The number of urea groups is 1. The number of carbonyl (C=O) groups excluding carboxylic acids is 1. The molecule has 162 valence electrons. The predicted molar refractivity (Wildman–Crippen MR) is 122 cm³/mol. The number of anilines is 2. The summed E-state index contributed by atoms with van der Waals surface area (Å²) in [5.41, 5.74) is 7.01. The van der Waals surface area contributed by atoms with E-state index in [1.54, 1.807) is 18.2 Å². The number of carbonyl (C=O) groups is 1. The number of hydrogen-bond donors (Lipinski definition) is 2. The van der Waals surface area contributed by atoms with Gasteiger partial charge in [-0.3, -0.25) is 0 Å². The summed E-state index contributed by atoms with van der Waals surface area (Å²) in [5, 5.41) is 0. The molecule has 0 bridgehead atoms. The van der Waals surface area contributed by atoms with Gasteiger partial charge in [0.1, 0.15) is 11.5 Å². The summed E-state index contributed by atoms with van der Waals surface area (Å²) in [6.07, 6.45) is 2.89. The highest BCUT2D eigenvalue weighted by atomic mass is 32.1. The first-order chi connectivity index (χ1) is 14.6. The van der Waals surface area contributed by atoms with Crippen LogP contribution in [0.4, 0.5) is 16.2 Å². The summed E-state index contributed by atoms with van der Waals surface area (Å²) in [7, 11) is 0. The van der Waals surface area contributed by atoms with E-state index in [0.29, 0.717) is 24.7 Å². The minimum Gasteiger partial charge on any atom is -0.494 e. The van der Waals surface area contributed by atoms with Crippen molar-refractivity contribution in [1.82, 2.24) is 0 Å². The number of amides is 2. The largest absolute Gasteiger partial charge is 0.494 e. The van der Waals surface area contributed by atoms with Crippen LogP contribution in [0.1, 0.15) is 19.3 Å². The molecule has 0 spiro atoms. The number of rotatable bonds is 10. The number of nitrogens with two attached hydrogens (primary N) is 1. The lowest BCUT2D eigenvalue weighted by atomic mass is 10.2. The Bertz CT molecular complexity index is 797. The molecule has 0 radical (unpaired) electrons. The summed E-state index contributed by atoms with van der Waals surface area (Å²) < 4.78 is 18.1. The van der Waals surface area contributed by atoms with E-state index in [9.17, 15) is 4.79 Å². The van der Waals surface area contributed by atoms with Gasteiger partial charge in [0.05, 0.1) is 32.1 Å². The summed E-state index contributed by atoms with van der Waals surface area (Å²) in [5.74, 6) is 1.58. The molecule has 8 heteroatoms. The molecular weight excluding hydrogens is 402 g/mol. The van der Waals surface area contributed by atoms with E-state index in [1.807, 2.05) is 18.2 Å². The molecule has 1 saturated heterocycles. The Labute approximate surface area is 183 Å². The van der Waals surface area contributed by atoms with Gasteiger partial charge < -0.3 is 24.8 Å². The zero-order valence-corrected chi connectivity index (χ0v) is 17.9. The Hall–Kier alpha value is -2.58. The number of benzene rings is 2. The summed E-state index contributed by atoms with van der Waals surface area (Å²) >= 11 is 4.05. The van der Waals surface area contributed by atoms with Crippen LogP contribution in [0.25, 0.3) is 0 Å². The van der Waals surface area contributed by atoms with Gasteiger partial charge in [0, 0.05) is 24.8 Å². The van der Waals surface area contributed by atoms with Gasteiger partial charge in [0.25, 0.3) is 0 Å². The van der Waals surface area contributed by atoms with Crippen LogP contribution in [0.15, 0.2) is 48.5 Å². The Morgan fingerprint density at radius 2 is 1.67 bits per heavy atom. The summed E-state index contributed by atoms with van der Waals surface area (Å²) in [4.78, 5) is 13.5. The van der Waals surface area contributed by atoms with Gasteiger partial charge in [-0.25, -0.2) is 9.10 Å². The second-order valence-electron chi connectivity index (χ2n) is 7.00. The number of thiol groups is 1.